The zero-order valence-electron chi connectivity index (χ0n) is 17.3. The molecule has 10 heteroatoms. The quantitative estimate of drug-likeness (QED) is 0.522. The Morgan fingerprint density at radius 1 is 1.31 bits per heavy atom. The van der Waals surface area contributed by atoms with Crippen LogP contribution >= 0.6 is 0 Å². The first kappa shape index (κ1) is 17.6. The summed E-state index contributed by atoms with van der Waals surface area (Å²) in [5, 5.41) is 33.5. The number of tetrazole rings is 1. The van der Waals surface area contributed by atoms with Crippen molar-refractivity contribution in [3.8, 4) is 11.5 Å². The van der Waals surface area contributed by atoms with Crippen molar-refractivity contribution in [2.45, 2.75) is 55.3 Å². The van der Waals surface area contributed by atoms with E-state index in [1.54, 1.807) is 6.07 Å². The zero-order valence-corrected chi connectivity index (χ0v) is 17.3. The molecule has 0 radical (unpaired) electrons. The molecule has 1 saturated heterocycles. The molecule has 1 saturated carbocycles. The van der Waals surface area contributed by atoms with E-state index in [9.17, 15) is 15.0 Å². The van der Waals surface area contributed by atoms with Gasteiger partial charge in [-0.2, -0.15) is 9.73 Å². The summed E-state index contributed by atoms with van der Waals surface area (Å²) in [5.74, 6) is 1.36. The molecule has 3 aromatic rings. The number of likely N-dealkylation sites (tertiary alicyclic amines) is 1. The third-order valence-electron chi connectivity index (χ3n) is 8.68. The molecule has 0 unspecified atom stereocenters. The van der Waals surface area contributed by atoms with E-state index in [0.29, 0.717) is 35.8 Å². The Labute approximate surface area is 181 Å². The number of benzene rings is 1. The minimum atomic E-state index is -1.20. The van der Waals surface area contributed by atoms with Crippen molar-refractivity contribution in [1.82, 2.24) is 29.9 Å². The molecule has 2 bridgehead atoms. The number of ether oxygens (including phenoxy) is 1. The third-order valence-corrected chi connectivity index (χ3v) is 8.68. The molecule has 10 nitrogen and oxygen atoms in total. The van der Waals surface area contributed by atoms with Gasteiger partial charge in [0.2, 0.25) is 0 Å². The Bertz CT molecular complexity index is 1400. The SMILES string of the molecule is O=c1c2c(nc3nn[nH]n13)[C@@H]1Oc3c(O)ccc4c3[C@@]13CCN(CC1CC1)[C@@H](C4)[C@]3(O)C2. The number of aromatic hydroxyl groups is 1. The van der Waals surface area contributed by atoms with E-state index < -0.39 is 17.1 Å². The smallest absolute Gasteiger partial charge is 0.279 e. The average Bonchev–Trinajstić information content (AvgIpc) is 3.32. The topological polar surface area (TPSA) is 129 Å². The Kier molecular flexibility index (Phi) is 2.92. The largest absolute Gasteiger partial charge is 0.504 e. The Balaban J connectivity index is 1.44. The van der Waals surface area contributed by atoms with Gasteiger partial charge in [-0.25, -0.2) is 4.98 Å². The van der Waals surface area contributed by atoms with Crippen LogP contribution < -0.4 is 10.3 Å². The molecule has 1 spiro atoms. The highest BCUT2D eigenvalue weighted by atomic mass is 16.5. The summed E-state index contributed by atoms with van der Waals surface area (Å²) in [5.41, 5.74) is 0.690. The summed E-state index contributed by atoms with van der Waals surface area (Å²) < 4.78 is 7.63. The number of aliphatic hydroxyl groups is 1. The van der Waals surface area contributed by atoms with Crippen molar-refractivity contribution in [2.24, 2.45) is 5.92 Å². The first-order chi connectivity index (χ1) is 15.5. The summed E-state index contributed by atoms with van der Waals surface area (Å²) in [4.78, 5) is 20.4. The monoisotopic (exact) mass is 434 g/mol. The van der Waals surface area contributed by atoms with E-state index in [1.165, 1.54) is 17.4 Å². The standard InChI is InChI=1S/C22H22N6O4/c29-13-4-3-11-7-14-22(31)8-12-16(23-20-24-25-26-28(20)19(12)30)18-21(22,15(11)17(13)32-18)5-6-27(14)9-10-1-2-10/h3-4,10,14,18,29,31H,1-2,5-9H2,(H,23,24,26)/t14-,18-,21-,22+/m0/s1. The van der Waals surface area contributed by atoms with Crippen molar-refractivity contribution in [2.75, 3.05) is 13.1 Å². The fourth-order valence-corrected chi connectivity index (χ4v) is 7.14. The number of phenolic OH excluding ortho intramolecular Hbond substituents is 1. The number of aromatic nitrogens is 5. The van der Waals surface area contributed by atoms with E-state index in [2.05, 4.69) is 25.4 Å². The molecule has 0 amide bonds. The van der Waals surface area contributed by atoms with Crippen LogP contribution in [0.4, 0.5) is 0 Å². The fourth-order valence-electron chi connectivity index (χ4n) is 7.14. The van der Waals surface area contributed by atoms with Gasteiger partial charge in [-0.1, -0.05) is 11.2 Å². The first-order valence-corrected chi connectivity index (χ1v) is 11.3. The van der Waals surface area contributed by atoms with Gasteiger partial charge in [0.25, 0.3) is 11.3 Å². The normalized spacial score (nSPS) is 34.3. The number of nitrogens with one attached hydrogen (secondary N) is 1. The minimum absolute atomic E-state index is 0.0644. The predicted molar refractivity (Wildman–Crippen MR) is 110 cm³/mol. The maximum Gasteiger partial charge on any atom is 0.279 e. The molecule has 4 atom stereocenters. The molecule has 3 N–H and O–H groups in total. The first-order valence-electron chi connectivity index (χ1n) is 11.3. The summed E-state index contributed by atoms with van der Waals surface area (Å²) in [6.07, 6.45) is 3.37. The van der Waals surface area contributed by atoms with Crippen LogP contribution in [0.25, 0.3) is 5.78 Å². The molecular formula is C22H22N6O4. The number of H-pyrrole nitrogens is 1. The Morgan fingerprint density at radius 3 is 3.03 bits per heavy atom. The van der Waals surface area contributed by atoms with Gasteiger partial charge >= 0.3 is 0 Å². The summed E-state index contributed by atoms with van der Waals surface area (Å²) in [6, 6.07) is 3.52. The lowest BCUT2D eigenvalue weighted by atomic mass is 9.49. The third kappa shape index (κ3) is 1.79. The maximum absolute atomic E-state index is 13.4. The van der Waals surface area contributed by atoms with Crippen molar-refractivity contribution >= 4 is 5.78 Å². The van der Waals surface area contributed by atoms with Crippen LogP contribution in [0, 0.1) is 5.92 Å². The number of phenols is 1. The Morgan fingerprint density at radius 2 is 2.19 bits per heavy atom. The van der Waals surface area contributed by atoms with Crippen LogP contribution in [-0.2, 0) is 18.3 Å². The summed E-state index contributed by atoms with van der Waals surface area (Å²) in [7, 11) is 0. The van der Waals surface area contributed by atoms with Crippen molar-refractivity contribution in [3.05, 3.63) is 44.9 Å². The number of aromatic amines is 1. The van der Waals surface area contributed by atoms with Crippen LogP contribution in [0.15, 0.2) is 16.9 Å². The lowest BCUT2D eigenvalue weighted by Gasteiger charge is -2.62. The van der Waals surface area contributed by atoms with Gasteiger partial charge in [-0.05, 0) is 55.0 Å². The van der Waals surface area contributed by atoms with Gasteiger partial charge in [0.05, 0.1) is 16.7 Å². The van der Waals surface area contributed by atoms with Crippen molar-refractivity contribution in [3.63, 3.8) is 0 Å². The van der Waals surface area contributed by atoms with E-state index in [-0.39, 0.29) is 29.5 Å². The van der Waals surface area contributed by atoms with Crippen LogP contribution in [0.1, 0.15) is 47.8 Å². The van der Waals surface area contributed by atoms with Gasteiger partial charge in [0, 0.05) is 30.1 Å². The molecule has 3 aliphatic carbocycles. The molecule has 2 fully saturated rings. The maximum atomic E-state index is 13.4. The minimum Gasteiger partial charge on any atom is -0.504 e. The number of hydrogen-bond acceptors (Lipinski definition) is 8. The van der Waals surface area contributed by atoms with E-state index >= 15 is 0 Å². The molecule has 164 valence electrons. The molecule has 4 heterocycles. The lowest BCUT2D eigenvalue weighted by molar-refractivity contribution is -0.173. The molecule has 32 heavy (non-hydrogen) atoms. The number of piperidine rings is 1. The predicted octanol–water partition coefficient (Wildman–Crippen LogP) is 0.217. The van der Waals surface area contributed by atoms with Crippen LogP contribution in [-0.4, -0.2) is 64.9 Å². The number of nitrogens with zero attached hydrogens (tertiary/aromatic N) is 5. The second kappa shape index (κ2) is 5.32. The van der Waals surface area contributed by atoms with Gasteiger partial charge in [-0.15, -0.1) is 0 Å². The van der Waals surface area contributed by atoms with Crippen LogP contribution in [0.5, 0.6) is 11.5 Å². The van der Waals surface area contributed by atoms with Gasteiger partial charge in [0.1, 0.15) is 0 Å². The van der Waals surface area contributed by atoms with Gasteiger partial charge in [0.15, 0.2) is 17.6 Å². The highest BCUT2D eigenvalue weighted by Gasteiger charge is 2.73. The van der Waals surface area contributed by atoms with E-state index in [1.807, 2.05) is 6.07 Å². The molecule has 1 aromatic carbocycles. The molecule has 2 aliphatic heterocycles. The van der Waals surface area contributed by atoms with E-state index in [4.69, 9.17) is 4.74 Å². The molecular weight excluding hydrogens is 412 g/mol. The Hall–Kier alpha value is -2.98. The average molecular weight is 434 g/mol. The zero-order chi connectivity index (χ0) is 21.4. The van der Waals surface area contributed by atoms with Gasteiger partial charge in [-0.3, -0.25) is 9.69 Å². The number of rotatable bonds is 2. The highest BCUT2D eigenvalue weighted by molar-refractivity contribution is 5.64. The molecule has 5 aliphatic rings. The number of fused-ring (bicyclic) bond motifs is 3. The second-order valence-electron chi connectivity index (χ2n) is 10.1. The van der Waals surface area contributed by atoms with E-state index in [0.717, 1.165) is 24.2 Å². The summed E-state index contributed by atoms with van der Waals surface area (Å²) >= 11 is 0. The second-order valence-corrected chi connectivity index (χ2v) is 10.1. The highest BCUT2D eigenvalue weighted by Crippen LogP contribution is 2.68. The molecule has 8 rings (SSSR count). The van der Waals surface area contributed by atoms with Crippen LogP contribution in [0.3, 0.4) is 0 Å². The van der Waals surface area contributed by atoms with Crippen molar-refractivity contribution in [1.29, 1.82) is 0 Å². The van der Waals surface area contributed by atoms with Crippen LogP contribution in [0.2, 0.25) is 0 Å². The van der Waals surface area contributed by atoms with Gasteiger partial charge < -0.3 is 14.9 Å². The fraction of sp³-hybridized carbons (Fsp3) is 0.545. The number of hydrogen-bond donors (Lipinski definition) is 3. The van der Waals surface area contributed by atoms with Crippen molar-refractivity contribution < 1.29 is 14.9 Å². The summed E-state index contributed by atoms with van der Waals surface area (Å²) in [6.45, 7) is 1.82. The molecule has 2 aromatic heterocycles. The lowest BCUT2D eigenvalue weighted by Crippen LogP contribution is -2.75.